The second-order valence-corrected chi connectivity index (χ2v) is 4.83. The minimum absolute atomic E-state index is 0.351. The van der Waals surface area contributed by atoms with E-state index in [1.165, 1.54) is 6.07 Å². The molecule has 0 saturated carbocycles. The van der Waals surface area contributed by atoms with Crippen LogP contribution in [0, 0.1) is 12.7 Å². The molecule has 2 rings (SSSR count). The zero-order valence-electron chi connectivity index (χ0n) is 10.8. The molecule has 1 atom stereocenters. The van der Waals surface area contributed by atoms with Crippen molar-refractivity contribution in [2.75, 3.05) is 7.11 Å². The number of methoxy groups -OCH3 is 1. The first-order valence-corrected chi connectivity index (χ1v) is 6.26. The normalized spacial score (nSPS) is 12.3. The molecule has 0 radical (unpaired) electrons. The van der Waals surface area contributed by atoms with E-state index in [-0.39, 0.29) is 0 Å². The molecule has 0 saturated heterocycles. The van der Waals surface area contributed by atoms with Gasteiger partial charge < -0.3 is 10.5 Å². The zero-order chi connectivity index (χ0) is 14.0. The third-order valence-electron chi connectivity index (χ3n) is 3.02. The van der Waals surface area contributed by atoms with Gasteiger partial charge in [-0.15, -0.1) is 0 Å². The first-order chi connectivity index (χ1) is 9.02. The number of benzene rings is 2. The van der Waals surface area contributed by atoms with Crippen molar-refractivity contribution in [3.05, 3.63) is 63.9 Å². The molecule has 2 aromatic carbocycles. The largest absolute Gasteiger partial charge is 0.496 e. The molecule has 0 aromatic heterocycles. The van der Waals surface area contributed by atoms with Gasteiger partial charge in [0.2, 0.25) is 0 Å². The molecular weight excluding hydrogens is 265 g/mol. The summed E-state index contributed by atoms with van der Waals surface area (Å²) in [4.78, 5) is 0. The average molecular weight is 280 g/mol. The van der Waals surface area contributed by atoms with Crippen molar-refractivity contribution >= 4 is 11.6 Å². The Morgan fingerprint density at radius 3 is 2.47 bits per heavy atom. The molecule has 0 aliphatic heterocycles. The Bertz CT molecular complexity index is 601. The Hall–Kier alpha value is -1.58. The van der Waals surface area contributed by atoms with Crippen LogP contribution in [0.3, 0.4) is 0 Å². The van der Waals surface area contributed by atoms with Crippen LogP contribution in [0.25, 0.3) is 0 Å². The molecule has 0 fully saturated rings. The lowest BCUT2D eigenvalue weighted by atomic mass is 9.97. The first kappa shape index (κ1) is 13.8. The van der Waals surface area contributed by atoms with E-state index in [0.717, 1.165) is 11.1 Å². The number of ether oxygens (including phenoxy) is 1. The van der Waals surface area contributed by atoms with Crippen molar-refractivity contribution in [1.29, 1.82) is 0 Å². The van der Waals surface area contributed by atoms with Gasteiger partial charge in [0.05, 0.1) is 13.2 Å². The van der Waals surface area contributed by atoms with Crippen LogP contribution in [-0.4, -0.2) is 7.11 Å². The molecule has 100 valence electrons. The molecule has 0 amide bonds. The molecule has 0 aliphatic rings. The van der Waals surface area contributed by atoms with Crippen molar-refractivity contribution in [3.63, 3.8) is 0 Å². The molecule has 0 spiro atoms. The Kier molecular flexibility index (Phi) is 4.08. The summed E-state index contributed by atoms with van der Waals surface area (Å²) in [5.74, 6) is 0.240. The third kappa shape index (κ3) is 2.88. The molecule has 2 aromatic rings. The summed E-state index contributed by atoms with van der Waals surface area (Å²) in [7, 11) is 1.57. The van der Waals surface area contributed by atoms with Crippen molar-refractivity contribution in [3.8, 4) is 5.75 Å². The van der Waals surface area contributed by atoms with Gasteiger partial charge >= 0.3 is 0 Å². The van der Waals surface area contributed by atoms with Crippen LogP contribution < -0.4 is 10.5 Å². The molecule has 0 aliphatic carbocycles. The molecule has 4 heteroatoms. The van der Waals surface area contributed by atoms with Gasteiger partial charge in [-0.3, -0.25) is 0 Å². The molecule has 1 unspecified atom stereocenters. The quantitative estimate of drug-likeness (QED) is 0.926. The maximum atomic E-state index is 13.9. The lowest BCUT2D eigenvalue weighted by Gasteiger charge is -2.17. The van der Waals surface area contributed by atoms with E-state index >= 15 is 0 Å². The summed E-state index contributed by atoms with van der Waals surface area (Å²) in [6, 6.07) is 9.55. The Labute approximate surface area is 117 Å². The Morgan fingerprint density at radius 2 is 1.84 bits per heavy atom. The molecule has 2 nitrogen and oxygen atoms in total. The minimum atomic E-state index is -0.590. The highest BCUT2D eigenvalue weighted by molar-refractivity contribution is 6.30. The van der Waals surface area contributed by atoms with Gasteiger partial charge in [0.1, 0.15) is 11.6 Å². The molecule has 2 N–H and O–H groups in total. The summed E-state index contributed by atoms with van der Waals surface area (Å²) in [6.45, 7) is 1.96. The molecule has 0 heterocycles. The maximum Gasteiger partial charge on any atom is 0.129 e. The Morgan fingerprint density at radius 1 is 1.16 bits per heavy atom. The third-order valence-corrected chi connectivity index (χ3v) is 3.26. The second-order valence-electron chi connectivity index (χ2n) is 4.39. The summed E-state index contributed by atoms with van der Waals surface area (Å²) < 4.78 is 19.2. The van der Waals surface area contributed by atoms with Crippen LogP contribution in [-0.2, 0) is 0 Å². The molecular formula is C15H15ClFNO. The highest BCUT2D eigenvalue weighted by atomic mass is 35.5. The van der Waals surface area contributed by atoms with Gasteiger partial charge in [-0.05, 0) is 30.7 Å². The van der Waals surface area contributed by atoms with Crippen LogP contribution in [0.5, 0.6) is 5.75 Å². The first-order valence-electron chi connectivity index (χ1n) is 5.88. The van der Waals surface area contributed by atoms with Crippen LogP contribution >= 0.6 is 11.6 Å². The fourth-order valence-electron chi connectivity index (χ4n) is 2.00. The number of hydrogen-bond acceptors (Lipinski definition) is 2. The molecule has 0 bridgehead atoms. The highest BCUT2D eigenvalue weighted by Gasteiger charge is 2.17. The van der Waals surface area contributed by atoms with E-state index < -0.39 is 11.9 Å². The topological polar surface area (TPSA) is 35.2 Å². The van der Waals surface area contributed by atoms with Crippen LogP contribution in [0.1, 0.15) is 22.7 Å². The van der Waals surface area contributed by atoms with Gasteiger partial charge in [0, 0.05) is 16.1 Å². The van der Waals surface area contributed by atoms with E-state index in [9.17, 15) is 4.39 Å². The minimum Gasteiger partial charge on any atom is -0.496 e. The van der Waals surface area contributed by atoms with E-state index in [4.69, 9.17) is 22.1 Å². The summed E-state index contributed by atoms with van der Waals surface area (Å²) in [6.07, 6.45) is 0. The fraction of sp³-hybridized carbons (Fsp3) is 0.200. The number of hydrogen-bond donors (Lipinski definition) is 1. The predicted octanol–water partition coefficient (Wildman–Crippen LogP) is 3.84. The number of rotatable bonds is 3. The van der Waals surface area contributed by atoms with Gasteiger partial charge in [0.25, 0.3) is 0 Å². The number of halogens is 2. The second kappa shape index (κ2) is 5.59. The SMILES string of the molecule is COc1cc(C)ccc1C(N)c1ccc(Cl)cc1F. The maximum absolute atomic E-state index is 13.9. The standard InChI is InChI=1S/C15H15ClFNO/c1-9-3-5-12(14(7-9)19-2)15(18)11-6-4-10(16)8-13(11)17/h3-8,15H,18H2,1-2H3. The molecule has 19 heavy (non-hydrogen) atoms. The van der Waals surface area contributed by atoms with Gasteiger partial charge in [0.15, 0.2) is 0 Å². The van der Waals surface area contributed by atoms with Crippen LogP contribution in [0.4, 0.5) is 4.39 Å². The van der Waals surface area contributed by atoms with Gasteiger partial charge in [-0.25, -0.2) is 4.39 Å². The number of nitrogens with two attached hydrogens (primary N) is 1. The van der Waals surface area contributed by atoms with Crippen molar-refractivity contribution in [2.45, 2.75) is 13.0 Å². The van der Waals surface area contributed by atoms with Crippen molar-refractivity contribution in [1.82, 2.24) is 0 Å². The summed E-state index contributed by atoms with van der Waals surface area (Å²) >= 11 is 5.74. The summed E-state index contributed by atoms with van der Waals surface area (Å²) in [5.41, 5.74) is 8.33. The van der Waals surface area contributed by atoms with Crippen LogP contribution in [0.2, 0.25) is 5.02 Å². The van der Waals surface area contributed by atoms with E-state index in [2.05, 4.69) is 0 Å². The van der Waals surface area contributed by atoms with Crippen molar-refractivity contribution in [2.24, 2.45) is 5.73 Å². The fourth-order valence-corrected chi connectivity index (χ4v) is 2.16. The highest BCUT2D eigenvalue weighted by Crippen LogP contribution is 2.31. The van der Waals surface area contributed by atoms with Crippen molar-refractivity contribution < 1.29 is 9.13 Å². The Balaban J connectivity index is 2.46. The lowest BCUT2D eigenvalue weighted by molar-refractivity contribution is 0.407. The lowest BCUT2D eigenvalue weighted by Crippen LogP contribution is -2.14. The number of aryl methyl sites for hydroxylation is 1. The van der Waals surface area contributed by atoms with E-state index in [1.54, 1.807) is 19.2 Å². The summed E-state index contributed by atoms with van der Waals surface area (Å²) in [5, 5.41) is 0.351. The van der Waals surface area contributed by atoms with E-state index in [1.807, 2.05) is 25.1 Å². The van der Waals surface area contributed by atoms with Gasteiger partial charge in [-0.1, -0.05) is 29.8 Å². The van der Waals surface area contributed by atoms with Gasteiger partial charge in [-0.2, -0.15) is 0 Å². The smallest absolute Gasteiger partial charge is 0.129 e. The monoisotopic (exact) mass is 279 g/mol. The van der Waals surface area contributed by atoms with E-state index in [0.29, 0.717) is 16.3 Å². The average Bonchev–Trinajstić information content (AvgIpc) is 2.37. The van der Waals surface area contributed by atoms with Crippen LogP contribution in [0.15, 0.2) is 36.4 Å². The predicted molar refractivity (Wildman–Crippen MR) is 75.2 cm³/mol. The zero-order valence-corrected chi connectivity index (χ0v) is 11.5.